The third-order valence-electron chi connectivity index (χ3n) is 3.14. The molecule has 0 aliphatic carbocycles. The lowest BCUT2D eigenvalue weighted by Crippen LogP contribution is -2.30. The fourth-order valence-electron chi connectivity index (χ4n) is 2.14. The largest absolute Gasteiger partial charge is 0.352 e. The molecule has 2 N–H and O–H groups in total. The maximum atomic E-state index is 13.3. The maximum Gasteiger partial charge on any atom is 0.252 e. The first-order chi connectivity index (χ1) is 8.68. The zero-order chi connectivity index (χ0) is 13.0. The molecule has 2 rings (SSSR count). The molecule has 1 aromatic rings. The van der Waals surface area contributed by atoms with Crippen molar-refractivity contribution in [1.82, 2.24) is 10.6 Å². The van der Waals surface area contributed by atoms with Gasteiger partial charge in [0.25, 0.3) is 5.91 Å². The van der Waals surface area contributed by atoms with Crippen LogP contribution < -0.4 is 10.6 Å². The van der Waals surface area contributed by atoms with Crippen molar-refractivity contribution in [1.29, 1.82) is 0 Å². The lowest BCUT2D eigenvalue weighted by molar-refractivity contribution is 0.0951. The molecule has 3 nitrogen and oxygen atoms in total. The van der Waals surface area contributed by atoms with Gasteiger partial charge in [0.1, 0.15) is 5.82 Å². The number of carbonyl (C=O) groups is 1. The Bertz CT molecular complexity index is 433. The van der Waals surface area contributed by atoms with E-state index in [4.69, 9.17) is 0 Å². The molecule has 5 heteroatoms. The van der Waals surface area contributed by atoms with Gasteiger partial charge in [0.05, 0.1) is 10.0 Å². The SMILES string of the molecule is O=C(NCC[C@H]1CCCN1)c1cccc(F)c1Br. The number of benzene rings is 1. The van der Waals surface area contributed by atoms with Crippen molar-refractivity contribution in [3.63, 3.8) is 0 Å². The molecule has 0 saturated carbocycles. The standard InChI is InChI=1S/C13H16BrFN2O/c14-12-10(4-1-5-11(12)15)13(18)17-8-6-9-3-2-7-16-9/h1,4-5,9,16H,2-3,6-8H2,(H,17,18)/t9-/m1/s1. The van der Waals surface area contributed by atoms with E-state index in [1.54, 1.807) is 6.07 Å². The molecule has 1 heterocycles. The van der Waals surface area contributed by atoms with Gasteiger partial charge in [0, 0.05) is 12.6 Å². The van der Waals surface area contributed by atoms with E-state index in [2.05, 4.69) is 26.6 Å². The highest BCUT2D eigenvalue weighted by atomic mass is 79.9. The Morgan fingerprint density at radius 1 is 1.56 bits per heavy atom. The molecule has 1 aromatic carbocycles. The lowest BCUT2D eigenvalue weighted by Gasteiger charge is -2.11. The number of rotatable bonds is 4. The van der Waals surface area contributed by atoms with E-state index in [1.807, 2.05) is 0 Å². The van der Waals surface area contributed by atoms with Crippen LogP contribution in [-0.2, 0) is 0 Å². The summed E-state index contributed by atoms with van der Waals surface area (Å²) in [4.78, 5) is 11.9. The highest BCUT2D eigenvalue weighted by Gasteiger charge is 2.15. The molecule has 0 aromatic heterocycles. The monoisotopic (exact) mass is 314 g/mol. The maximum absolute atomic E-state index is 13.3. The highest BCUT2D eigenvalue weighted by molar-refractivity contribution is 9.10. The van der Waals surface area contributed by atoms with Crippen LogP contribution in [0.15, 0.2) is 22.7 Å². The molecule has 0 spiro atoms. The van der Waals surface area contributed by atoms with E-state index in [0.717, 1.165) is 13.0 Å². The summed E-state index contributed by atoms with van der Waals surface area (Å²) in [5, 5.41) is 6.19. The molecule has 18 heavy (non-hydrogen) atoms. The summed E-state index contributed by atoms with van der Waals surface area (Å²) in [7, 11) is 0. The minimum absolute atomic E-state index is 0.224. The van der Waals surface area contributed by atoms with Gasteiger partial charge in [-0.1, -0.05) is 6.07 Å². The van der Waals surface area contributed by atoms with Gasteiger partial charge < -0.3 is 10.6 Å². The van der Waals surface area contributed by atoms with Gasteiger partial charge in [0.15, 0.2) is 0 Å². The fraction of sp³-hybridized carbons (Fsp3) is 0.462. The van der Waals surface area contributed by atoms with Gasteiger partial charge in [-0.2, -0.15) is 0 Å². The van der Waals surface area contributed by atoms with Crippen LogP contribution >= 0.6 is 15.9 Å². The van der Waals surface area contributed by atoms with E-state index in [9.17, 15) is 9.18 Å². The van der Waals surface area contributed by atoms with Crippen molar-refractivity contribution in [3.05, 3.63) is 34.1 Å². The second-order valence-corrected chi connectivity index (χ2v) is 5.23. The molecule has 1 atom stereocenters. The normalized spacial score (nSPS) is 18.9. The number of hydrogen-bond donors (Lipinski definition) is 2. The molecule has 1 fully saturated rings. The molecular formula is C13H16BrFN2O. The first-order valence-corrected chi connectivity index (χ1v) is 6.93. The summed E-state index contributed by atoms with van der Waals surface area (Å²) in [5.41, 5.74) is 0.342. The minimum Gasteiger partial charge on any atom is -0.352 e. The van der Waals surface area contributed by atoms with E-state index in [0.29, 0.717) is 18.2 Å². The van der Waals surface area contributed by atoms with Gasteiger partial charge in [-0.05, 0) is 53.9 Å². The average Bonchev–Trinajstić information content (AvgIpc) is 2.85. The van der Waals surface area contributed by atoms with E-state index < -0.39 is 5.82 Å². The number of hydrogen-bond acceptors (Lipinski definition) is 2. The highest BCUT2D eigenvalue weighted by Crippen LogP contribution is 2.20. The van der Waals surface area contributed by atoms with Crippen LogP contribution in [-0.4, -0.2) is 25.0 Å². The van der Waals surface area contributed by atoms with Gasteiger partial charge in [-0.15, -0.1) is 0 Å². The van der Waals surface area contributed by atoms with Crippen LogP contribution in [0.2, 0.25) is 0 Å². The van der Waals surface area contributed by atoms with E-state index >= 15 is 0 Å². The van der Waals surface area contributed by atoms with E-state index in [-0.39, 0.29) is 10.4 Å². The smallest absolute Gasteiger partial charge is 0.252 e. The third-order valence-corrected chi connectivity index (χ3v) is 3.94. The predicted molar refractivity (Wildman–Crippen MR) is 72.1 cm³/mol. The molecule has 1 saturated heterocycles. The van der Waals surface area contributed by atoms with Crippen molar-refractivity contribution in [2.45, 2.75) is 25.3 Å². The van der Waals surface area contributed by atoms with Crippen molar-refractivity contribution in [2.75, 3.05) is 13.1 Å². The summed E-state index contributed by atoms with van der Waals surface area (Å²) < 4.78 is 13.5. The number of amides is 1. The average molecular weight is 315 g/mol. The molecule has 98 valence electrons. The molecule has 0 bridgehead atoms. The summed E-state index contributed by atoms with van der Waals surface area (Å²) in [5.74, 6) is -0.653. The minimum atomic E-state index is -0.417. The molecule has 0 unspecified atom stereocenters. The van der Waals surface area contributed by atoms with Gasteiger partial charge in [-0.25, -0.2) is 4.39 Å². The van der Waals surface area contributed by atoms with Crippen LogP contribution in [0.5, 0.6) is 0 Å². The molecule has 1 amide bonds. The molecule has 1 aliphatic heterocycles. The quantitative estimate of drug-likeness (QED) is 0.896. The number of halogens is 2. The zero-order valence-electron chi connectivity index (χ0n) is 10.0. The summed E-state index contributed by atoms with van der Waals surface area (Å²) in [6.45, 7) is 1.67. The first kappa shape index (κ1) is 13.5. The molecule has 1 aliphatic rings. The Hall–Kier alpha value is -0.940. The van der Waals surface area contributed by atoms with Crippen molar-refractivity contribution < 1.29 is 9.18 Å². The van der Waals surface area contributed by atoms with Crippen molar-refractivity contribution in [3.8, 4) is 0 Å². The van der Waals surface area contributed by atoms with Gasteiger partial charge in [0.2, 0.25) is 0 Å². The molecular weight excluding hydrogens is 299 g/mol. The first-order valence-electron chi connectivity index (χ1n) is 6.14. The Kier molecular flexibility index (Phi) is 4.72. The van der Waals surface area contributed by atoms with Crippen molar-refractivity contribution in [2.24, 2.45) is 0 Å². The van der Waals surface area contributed by atoms with Crippen LogP contribution in [0.4, 0.5) is 4.39 Å². The Morgan fingerprint density at radius 2 is 2.39 bits per heavy atom. The Labute approximate surface area is 114 Å². The Morgan fingerprint density at radius 3 is 3.11 bits per heavy atom. The van der Waals surface area contributed by atoms with Gasteiger partial charge >= 0.3 is 0 Å². The van der Waals surface area contributed by atoms with Crippen molar-refractivity contribution >= 4 is 21.8 Å². The second kappa shape index (κ2) is 6.29. The number of nitrogens with one attached hydrogen (secondary N) is 2. The summed E-state index contributed by atoms with van der Waals surface area (Å²) in [6.07, 6.45) is 3.28. The van der Waals surface area contributed by atoms with E-state index in [1.165, 1.54) is 25.0 Å². The topological polar surface area (TPSA) is 41.1 Å². The lowest BCUT2D eigenvalue weighted by atomic mass is 10.1. The fourth-order valence-corrected chi connectivity index (χ4v) is 2.58. The third kappa shape index (κ3) is 3.29. The van der Waals surface area contributed by atoms with Crippen LogP contribution in [0, 0.1) is 5.82 Å². The zero-order valence-corrected chi connectivity index (χ0v) is 11.6. The Balaban J connectivity index is 1.85. The van der Waals surface area contributed by atoms with Crippen LogP contribution in [0.25, 0.3) is 0 Å². The summed E-state index contributed by atoms with van der Waals surface area (Å²) in [6, 6.07) is 4.97. The van der Waals surface area contributed by atoms with Gasteiger partial charge in [-0.3, -0.25) is 4.79 Å². The van der Waals surface area contributed by atoms with Crippen LogP contribution in [0.3, 0.4) is 0 Å². The summed E-state index contributed by atoms with van der Waals surface area (Å²) >= 11 is 3.09. The molecule has 0 radical (unpaired) electrons. The van der Waals surface area contributed by atoms with Crippen LogP contribution in [0.1, 0.15) is 29.6 Å². The second-order valence-electron chi connectivity index (χ2n) is 4.44. The number of carbonyl (C=O) groups excluding carboxylic acids is 1. The predicted octanol–water partition coefficient (Wildman–Crippen LogP) is 2.46.